The number of nitrogens with zero attached hydrogens (tertiary/aromatic N) is 1. The number of methoxy groups -OCH3 is 1. The van der Waals surface area contributed by atoms with Crippen molar-refractivity contribution < 1.29 is 4.74 Å². The van der Waals surface area contributed by atoms with Gasteiger partial charge in [-0.15, -0.1) is 11.3 Å². The number of aryl methyl sites for hydroxylation is 2. The molecule has 0 aliphatic carbocycles. The van der Waals surface area contributed by atoms with Crippen molar-refractivity contribution >= 4 is 21.6 Å². The maximum absolute atomic E-state index is 13.0. The maximum Gasteiger partial charge on any atom is 0.260 e. The summed E-state index contributed by atoms with van der Waals surface area (Å²) in [5.74, 6) is 1.44. The summed E-state index contributed by atoms with van der Waals surface area (Å²) in [6.45, 7) is 4.06. The molecule has 4 nitrogen and oxygen atoms in total. The number of benzene rings is 2. The van der Waals surface area contributed by atoms with Crippen LogP contribution in [0, 0.1) is 13.8 Å². The highest BCUT2D eigenvalue weighted by Crippen LogP contribution is 2.40. The number of H-pyrrole nitrogens is 1. The molecule has 0 fully saturated rings. The number of aromatic amines is 1. The molecule has 136 valence electrons. The Kier molecular flexibility index (Phi) is 4.54. The zero-order valence-corrected chi connectivity index (χ0v) is 16.3. The molecule has 0 spiro atoms. The molecule has 0 amide bonds. The van der Waals surface area contributed by atoms with Crippen molar-refractivity contribution in [3.63, 3.8) is 0 Å². The highest BCUT2D eigenvalue weighted by Gasteiger charge is 2.19. The van der Waals surface area contributed by atoms with Gasteiger partial charge in [-0.3, -0.25) is 4.79 Å². The lowest BCUT2D eigenvalue weighted by atomic mass is 10.0. The van der Waals surface area contributed by atoms with Crippen LogP contribution in [0.2, 0.25) is 0 Å². The smallest absolute Gasteiger partial charge is 0.260 e. The Morgan fingerprint density at radius 3 is 2.63 bits per heavy atom. The molecule has 0 bridgehead atoms. The molecule has 0 unspecified atom stereocenters. The largest absolute Gasteiger partial charge is 0.496 e. The third-order valence-electron chi connectivity index (χ3n) is 4.63. The number of thiophene rings is 1. The Hall–Kier alpha value is -2.92. The number of aromatic nitrogens is 2. The predicted molar refractivity (Wildman–Crippen MR) is 111 cm³/mol. The maximum atomic E-state index is 13.0. The first kappa shape index (κ1) is 17.5. The van der Waals surface area contributed by atoms with Crippen LogP contribution in [0.1, 0.15) is 21.8 Å². The highest BCUT2D eigenvalue weighted by molar-refractivity contribution is 7.19. The first-order chi connectivity index (χ1) is 13.1. The summed E-state index contributed by atoms with van der Waals surface area (Å²) < 4.78 is 5.54. The molecule has 27 heavy (non-hydrogen) atoms. The zero-order valence-electron chi connectivity index (χ0n) is 15.5. The van der Waals surface area contributed by atoms with E-state index in [2.05, 4.69) is 11.1 Å². The Balaban J connectivity index is 1.89. The van der Waals surface area contributed by atoms with Crippen LogP contribution in [-0.2, 0) is 6.42 Å². The molecule has 0 saturated heterocycles. The van der Waals surface area contributed by atoms with Gasteiger partial charge in [-0.1, -0.05) is 42.0 Å². The quantitative estimate of drug-likeness (QED) is 0.553. The Labute approximate surface area is 161 Å². The van der Waals surface area contributed by atoms with E-state index in [0.717, 1.165) is 37.7 Å². The SMILES string of the molecule is COc1ccc(C)cc1-c1c(C)sc2nc(Cc3ccccc3)[nH]c(=O)c12. The molecule has 4 aromatic rings. The molecule has 4 rings (SSSR count). The van der Waals surface area contributed by atoms with Crippen LogP contribution in [0.25, 0.3) is 21.3 Å². The van der Waals surface area contributed by atoms with Gasteiger partial charge in [0.15, 0.2) is 0 Å². The summed E-state index contributed by atoms with van der Waals surface area (Å²) in [6, 6.07) is 16.0. The van der Waals surface area contributed by atoms with Gasteiger partial charge in [0, 0.05) is 22.4 Å². The van der Waals surface area contributed by atoms with Gasteiger partial charge in [-0.25, -0.2) is 4.98 Å². The number of hydrogen-bond donors (Lipinski definition) is 1. The van der Waals surface area contributed by atoms with E-state index in [-0.39, 0.29) is 5.56 Å². The van der Waals surface area contributed by atoms with E-state index in [1.165, 1.54) is 0 Å². The number of rotatable bonds is 4. The first-order valence-electron chi connectivity index (χ1n) is 8.78. The minimum atomic E-state index is -0.103. The monoisotopic (exact) mass is 376 g/mol. The van der Waals surface area contributed by atoms with Crippen LogP contribution in [0.4, 0.5) is 0 Å². The summed E-state index contributed by atoms with van der Waals surface area (Å²) in [7, 11) is 1.65. The van der Waals surface area contributed by atoms with Gasteiger partial charge in [0.2, 0.25) is 0 Å². The molecule has 2 heterocycles. The normalized spacial score (nSPS) is 11.1. The Morgan fingerprint density at radius 1 is 1.11 bits per heavy atom. The van der Waals surface area contributed by atoms with E-state index >= 15 is 0 Å². The lowest BCUT2D eigenvalue weighted by Gasteiger charge is -2.10. The van der Waals surface area contributed by atoms with E-state index in [0.29, 0.717) is 17.6 Å². The Bertz CT molecular complexity index is 1180. The van der Waals surface area contributed by atoms with E-state index < -0.39 is 0 Å². The average Bonchev–Trinajstić information content (AvgIpc) is 2.98. The highest BCUT2D eigenvalue weighted by atomic mass is 32.1. The van der Waals surface area contributed by atoms with Gasteiger partial charge in [0.1, 0.15) is 16.4 Å². The number of hydrogen-bond acceptors (Lipinski definition) is 4. The van der Waals surface area contributed by atoms with Crippen molar-refractivity contribution in [2.24, 2.45) is 0 Å². The molecule has 1 N–H and O–H groups in total. The minimum Gasteiger partial charge on any atom is -0.496 e. The van der Waals surface area contributed by atoms with E-state index in [9.17, 15) is 4.79 Å². The average molecular weight is 376 g/mol. The van der Waals surface area contributed by atoms with E-state index in [1.807, 2.05) is 56.3 Å². The van der Waals surface area contributed by atoms with Crippen molar-refractivity contribution in [1.82, 2.24) is 9.97 Å². The summed E-state index contributed by atoms with van der Waals surface area (Å²) in [5, 5.41) is 0.637. The van der Waals surface area contributed by atoms with Crippen molar-refractivity contribution in [2.45, 2.75) is 20.3 Å². The standard InChI is InChI=1S/C22H20N2O2S/c1-13-9-10-17(26-3)16(11-13)19-14(2)27-22-20(19)21(25)23-18(24-22)12-15-7-5-4-6-8-15/h4-11H,12H2,1-3H3,(H,23,24,25). The molecule has 0 radical (unpaired) electrons. The van der Waals surface area contributed by atoms with Gasteiger partial charge < -0.3 is 9.72 Å². The van der Waals surface area contributed by atoms with Crippen molar-refractivity contribution in [3.8, 4) is 16.9 Å². The molecular formula is C22H20N2O2S. The van der Waals surface area contributed by atoms with Crippen LogP contribution in [0.15, 0.2) is 53.3 Å². The van der Waals surface area contributed by atoms with Gasteiger partial charge >= 0.3 is 0 Å². The summed E-state index contributed by atoms with van der Waals surface area (Å²) in [4.78, 5) is 22.5. The summed E-state index contributed by atoms with van der Waals surface area (Å²) in [6.07, 6.45) is 0.603. The number of nitrogens with one attached hydrogen (secondary N) is 1. The summed E-state index contributed by atoms with van der Waals surface area (Å²) in [5.41, 5.74) is 3.98. The second-order valence-electron chi connectivity index (χ2n) is 6.59. The van der Waals surface area contributed by atoms with Crippen LogP contribution in [-0.4, -0.2) is 17.1 Å². The predicted octanol–water partition coefficient (Wildman–Crippen LogP) is 4.87. The fourth-order valence-electron chi connectivity index (χ4n) is 3.38. The van der Waals surface area contributed by atoms with Crippen LogP contribution >= 0.6 is 11.3 Å². The van der Waals surface area contributed by atoms with Gasteiger partial charge in [-0.2, -0.15) is 0 Å². The van der Waals surface area contributed by atoms with E-state index in [4.69, 9.17) is 9.72 Å². The van der Waals surface area contributed by atoms with Crippen LogP contribution < -0.4 is 10.3 Å². The number of fused-ring (bicyclic) bond motifs is 1. The molecule has 2 aromatic carbocycles. The second-order valence-corrected chi connectivity index (χ2v) is 7.80. The molecular weight excluding hydrogens is 356 g/mol. The minimum absolute atomic E-state index is 0.103. The number of ether oxygens (including phenoxy) is 1. The first-order valence-corrected chi connectivity index (χ1v) is 9.59. The van der Waals surface area contributed by atoms with Crippen LogP contribution in [0.3, 0.4) is 0 Å². The second kappa shape index (κ2) is 7.00. The molecule has 0 atom stereocenters. The van der Waals surface area contributed by atoms with E-state index in [1.54, 1.807) is 18.4 Å². The molecule has 2 aromatic heterocycles. The lowest BCUT2D eigenvalue weighted by Crippen LogP contribution is -2.12. The lowest BCUT2D eigenvalue weighted by molar-refractivity contribution is 0.416. The topological polar surface area (TPSA) is 55.0 Å². The van der Waals surface area contributed by atoms with Crippen LogP contribution in [0.5, 0.6) is 5.75 Å². The molecule has 0 saturated carbocycles. The third kappa shape index (κ3) is 3.26. The van der Waals surface area contributed by atoms with Crippen molar-refractivity contribution in [2.75, 3.05) is 7.11 Å². The van der Waals surface area contributed by atoms with Gasteiger partial charge in [0.05, 0.1) is 12.5 Å². The fourth-order valence-corrected chi connectivity index (χ4v) is 4.43. The zero-order chi connectivity index (χ0) is 19.0. The summed E-state index contributed by atoms with van der Waals surface area (Å²) >= 11 is 1.55. The van der Waals surface area contributed by atoms with Crippen molar-refractivity contribution in [3.05, 3.63) is 80.7 Å². The van der Waals surface area contributed by atoms with Gasteiger partial charge in [0.25, 0.3) is 5.56 Å². The third-order valence-corrected chi connectivity index (χ3v) is 5.62. The van der Waals surface area contributed by atoms with Crippen molar-refractivity contribution in [1.29, 1.82) is 0 Å². The Morgan fingerprint density at radius 2 is 1.89 bits per heavy atom. The van der Waals surface area contributed by atoms with Gasteiger partial charge in [-0.05, 0) is 31.5 Å². The molecule has 5 heteroatoms. The molecule has 0 aliphatic heterocycles. The fraction of sp³-hybridized carbons (Fsp3) is 0.182. The molecule has 0 aliphatic rings.